The van der Waals surface area contributed by atoms with E-state index in [4.69, 9.17) is 4.42 Å². The summed E-state index contributed by atoms with van der Waals surface area (Å²) >= 11 is 0. The maximum absolute atomic E-state index is 5.89. The number of oxazole rings is 1. The Kier molecular flexibility index (Phi) is 3.79. The molecule has 0 spiro atoms. The number of fused-ring (bicyclic) bond motifs is 1. The highest BCUT2D eigenvalue weighted by Gasteiger charge is 2.23. The average molecular weight is 307 g/mol. The fourth-order valence-electron chi connectivity index (χ4n) is 2.91. The van der Waals surface area contributed by atoms with Crippen LogP contribution in [0.15, 0.2) is 52.9 Å². The lowest BCUT2D eigenvalue weighted by atomic mass is 9.79. The van der Waals surface area contributed by atoms with Crippen LogP contribution in [0.1, 0.15) is 51.6 Å². The van der Waals surface area contributed by atoms with Gasteiger partial charge in [-0.05, 0) is 35.1 Å². The van der Waals surface area contributed by atoms with Gasteiger partial charge in [-0.1, -0.05) is 71.0 Å². The van der Waals surface area contributed by atoms with E-state index in [1.54, 1.807) is 0 Å². The van der Waals surface area contributed by atoms with E-state index in [1.807, 2.05) is 6.07 Å². The molecule has 0 aliphatic heterocycles. The smallest absolute Gasteiger partial charge is 0.200 e. The molecular formula is C21H25NO. The molecular weight excluding hydrogens is 282 g/mol. The number of nitrogens with zero attached hydrogens (tertiary/aromatic N) is 1. The highest BCUT2D eigenvalue weighted by molar-refractivity contribution is 5.73. The van der Waals surface area contributed by atoms with Crippen molar-refractivity contribution < 1.29 is 4.42 Å². The van der Waals surface area contributed by atoms with Gasteiger partial charge < -0.3 is 4.42 Å². The lowest BCUT2D eigenvalue weighted by Gasteiger charge is -2.25. The molecule has 2 heteroatoms. The monoisotopic (exact) mass is 307 g/mol. The third-order valence-electron chi connectivity index (χ3n) is 4.29. The summed E-state index contributed by atoms with van der Waals surface area (Å²) in [7, 11) is 0. The third kappa shape index (κ3) is 3.31. The summed E-state index contributed by atoms with van der Waals surface area (Å²) < 4.78 is 5.89. The summed E-state index contributed by atoms with van der Waals surface area (Å²) in [4.78, 5) is 4.68. The van der Waals surface area contributed by atoms with Crippen LogP contribution < -0.4 is 0 Å². The molecule has 2 aromatic carbocycles. The Morgan fingerprint density at radius 1 is 0.913 bits per heavy atom. The second kappa shape index (κ2) is 5.52. The summed E-state index contributed by atoms with van der Waals surface area (Å²) in [5, 5.41) is 0. The molecule has 0 aliphatic carbocycles. The Labute approximate surface area is 138 Å². The van der Waals surface area contributed by atoms with Crippen molar-refractivity contribution in [3.63, 3.8) is 0 Å². The molecule has 0 saturated carbocycles. The zero-order chi connectivity index (χ0) is 16.7. The zero-order valence-corrected chi connectivity index (χ0v) is 14.7. The molecule has 0 radical (unpaired) electrons. The molecule has 0 amide bonds. The van der Waals surface area contributed by atoms with E-state index >= 15 is 0 Å². The standard InChI is InChI=1S/C21H25NO/c1-20(2,3)19-22-17-13-15(11-12-18(17)23-19)14-21(4,5)16-9-7-6-8-10-16/h6-13H,14H2,1-5H3. The number of aromatic nitrogens is 1. The quantitative estimate of drug-likeness (QED) is 0.625. The minimum absolute atomic E-state index is 0.0670. The molecule has 0 N–H and O–H groups in total. The lowest BCUT2D eigenvalue weighted by Crippen LogP contribution is -2.20. The van der Waals surface area contributed by atoms with E-state index in [2.05, 4.69) is 82.1 Å². The number of hydrogen-bond acceptors (Lipinski definition) is 2. The van der Waals surface area contributed by atoms with E-state index in [0.717, 1.165) is 23.4 Å². The second-order valence-electron chi connectivity index (χ2n) is 8.00. The summed E-state index contributed by atoms with van der Waals surface area (Å²) in [6, 6.07) is 17.0. The summed E-state index contributed by atoms with van der Waals surface area (Å²) in [6.45, 7) is 10.9. The SMILES string of the molecule is CC(C)(C)c1nc2cc(CC(C)(C)c3ccccc3)ccc2o1. The van der Waals surface area contributed by atoms with Crippen molar-refractivity contribution in [3.8, 4) is 0 Å². The fraction of sp³-hybridized carbons (Fsp3) is 0.381. The third-order valence-corrected chi connectivity index (χ3v) is 4.29. The van der Waals surface area contributed by atoms with Crippen LogP contribution in [-0.2, 0) is 17.3 Å². The molecule has 0 atom stereocenters. The predicted molar refractivity (Wildman–Crippen MR) is 95.9 cm³/mol. The van der Waals surface area contributed by atoms with E-state index in [9.17, 15) is 0 Å². The van der Waals surface area contributed by atoms with Crippen molar-refractivity contribution in [2.45, 2.75) is 51.9 Å². The van der Waals surface area contributed by atoms with Crippen LogP contribution >= 0.6 is 0 Å². The molecule has 0 fully saturated rings. The highest BCUT2D eigenvalue weighted by atomic mass is 16.3. The molecule has 0 bridgehead atoms. The Morgan fingerprint density at radius 3 is 2.26 bits per heavy atom. The van der Waals surface area contributed by atoms with Gasteiger partial charge in [0, 0.05) is 5.41 Å². The zero-order valence-electron chi connectivity index (χ0n) is 14.7. The molecule has 23 heavy (non-hydrogen) atoms. The lowest BCUT2D eigenvalue weighted by molar-refractivity contribution is 0.411. The number of rotatable bonds is 3. The van der Waals surface area contributed by atoms with Crippen LogP contribution in [0, 0.1) is 0 Å². The van der Waals surface area contributed by atoms with E-state index in [-0.39, 0.29) is 10.8 Å². The molecule has 0 unspecified atom stereocenters. The first kappa shape index (κ1) is 15.8. The van der Waals surface area contributed by atoms with Crippen LogP contribution in [0.25, 0.3) is 11.1 Å². The van der Waals surface area contributed by atoms with Crippen LogP contribution in [0.4, 0.5) is 0 Å². The maximum Gasteiger partial charge on any atom is 0.200 e. The van der Waals surface area contributed by atoms with Crippen molar-refractivity contribution in [1.82, 2.24) is 4.98 Å². The molecule has 0 aliphatic rings. The van der Waals surface area contributed by atoms with Crippen molar-refractivity contribution in [2.24, 2.45) is 0 Å². The van der Waals surface area contributed by atoms with Crippen molar-refractivity contribution in [2.75, 3.05) is 0 Å². The van der Waals surface area contributed by atoms with Gasteiger partial charge in [0.25, 0.3) is 0 Å². The normalized spacial score (nSPS) is 12.7. The molecule has 1 heterocycles. The van der Waals surface area contributed by atoms with E-state index in [0.29, 0.717) is 0 Å². The van der Waals surface area contributed by atoms with Crippen molar-refractivity contribution >= 4 is 11.1 Å². The van der Waals surface area contributed by atoms with Gasteiger partial charge in [0.05, 0.1) is 0 Å². The Bertz CT molecular complexity index is 807. The predicted octanol–water partition coefficient (Wildman–Crippen LogP) is 5.65. The first-order valence-electron chi connectivity index (χ1n) is 8.21. The largest absolute Gasteiger partial charge is 0.440 e. The van der Waals surface area contributed by atoms with Gasteiger partial charge in [-0.15, -0.1) is 0 Å². The molecule has 1 aromatic heterocycles. The summed E-state index contributed by atoms with van der Waals surface area (Å²) in [6.07, 6.45) is 0.977. The number of hydrogen-bond donors (Lipinski definition) is 0. The van der Waals surface area contributed by atoms with Crippen molar-refractivity contribution in [3.05, 3.63) is 65.5 Å². The first-order valence-corrected chi connectivity index (χ1v) is 8.21. The highest BCUT2D eigenvalue weighted by Crippen LogP contribution is 2.30. The van der Waals surface area contributed by atoms with Crippen LogP contribution in [0.3, 0.4) is 0 Å². The van der Waals surface area contributed by atoms with Gasteiger partial charge in [0.1, 0.15) is 5.52 Å². The molecule has 2 nitrogen and oxygen atoms in total. The minimum atomic E-state index is -0.0670. The Morgan fingerprint density at radius 2 is 1.61 bits per heavy atom. The fourth-order valence-corrected chi connectivity index (χ4v) is 2.91. The number of benzene rings is 2. The average Bonchev–Trinajstić information content (AvgIpc) is 2.91. The van der Waals surface area contributed by atoms with Gasteiger partial charge in [0.15, 0.2) is 5.58 Å². The topological polar surface area (TPSA) is 26.0 Å². The minimum Gasteiger partial charge on any atom is -0.440 e. The van der Waals surface area contributed by atoms with E-state index in [1.165, 1.54) is 11.1 Å². The molecule has 0 saturated heterocycles. The van der Waals surface area contributed by atoms with Crippen molar-refractivity contribution in [1.29, 1.82) is 0 Å². The maximum atomic E-state index is 5.89. The van der Waals surface area contributed by atoms with E-state index < -0.39 is 0 Å². The van der Waals surface area contributed by atoms with Gasteiger partial charge in [-0.25, -0.2) is 4.98 Å². The van der Waals surface area contributed by atoms with Crippen LogP contribution in [-0.4, -0.2) is 4.98 Å². The first-order chi connectivity index (χ1) is 10.8. The van der Waals surface area contributed by atoms with Gasteiger partial charge in [-0.3, -0.25) is 0 Å². The van der Waals surface area contributed by atoms with Crippen LogP contribution in [0.5, 0.6) is 0 Å². The molecule has 120 valence electrons. The Hall–Kier alpha value is -2.09. The van der Waals surface area contributed by atoms with Gasteiger partial charge in [0.2, 0.25) is 5.89 Å². The Balaban J connectivity index is 1.92. The second-order valence-corrected chi connectivity index (χ2v) is 8.00. The molecule has 3 aromatic rings. The summed E-state index contributed by atoms with van der Waals surface area (Å²) in [5.41, 5.74) is 4.50. The van der Waals surface area contributed by atoms with Gasteiger partial charge >= 0.3 is 0 Å². The van der Waals surface area contributed by atoms with Gasteiger partial charge in [-0.2, -0.15) is 0 Å². The van der Waals surface area contributed by atoms with Crippen LogP contribution in [0.2, 0.25) is 0 Å². The molecule has 3 rings (SSSR count). The summed E-state index contributed by atoms with van der Waals surface area (Å²) in [5.74, 6) is 0.798.